The lowest BCUT2D eigenvalue weighted by atomic mass is 9.89. The fourth-order valence-electron chi connectivity index (χ4n) is 4.86. The molecule has 0 saturated heterocycles. The predicted octanol–water partition coefficient (Wildman–Crippen LogP) is 8.51. The van der Waals surface area contributed by atoms with Gasteiger partial charge in [-0.05, 0) is 35.9 Å². The van der Waals surface area contributed by atoms with Crippen molar-refractivity contribution < 1.29 is 9.59 Å². The molecule has 2 amide bonds. The van der Waals surface area contributed by atoms with E-state index in [9.17, 15) is 9.59 Å². The Balaban J connectivity index is 1.36. The molecule has 32 heavy (non-hydrogen) atoms. The first-order chi connectivity index (χ1) is 15.6. The molecule has 0 aromatic heterocycles. The standard InChI is InChI=1S/C28H38BrNO2/c1-2-3-4-5-6-7-8-9-10-11-12-13-14-15-16-21-17-18-22-19-23(29)20-24-25(22)26(21)28(32)30-27(24)31/h17-20H,2-16H2,1H3,(H,30,31,32). The van der Waals surface area contributed by atoms with E-state index in [0.717, 1.165) is 33.7 Å². The van der Waals surface area contributed by atoms with Crippen LogP contribution in [0.5, 0.6) is 0 Å². The maximum Gasteiger partial charge on any atom is 0.259 e. The third kappa shape index (κ3) is 6.91. The normalized spacial score (nSPS) is 13.1. The Morgan fingerprint density at radius 1 is 0.719 bits per heavy atom. The molecule has 0 unspecified atom stereocenters. The summed E-state index contributed by atoms with van der Waals surface area (Å²) in [6.45, 7) is 2.27. The minimum atomic E-state index is -0.303. The van der Waals surface area contributed by atoms with E-state index in [1.807, 2.05) is 18.2 Å². The highest BCUT2D eigenvalue weighted by Crippen LogP contribution is 2.32. The van der Waals surface area contributed by atoms with E-state index in [2.05, 4.69) is 34.2 Å². The molecule has 2 aromatic carbocycles. The zero-order chi connectivity index (χ0) is 22.8. The Labute approximate surface area is 201 Å². The van der Waals surface area contributed by atoms with Crippen molar-refractivity contribution in [2.75, 3.05) is 0 Å². The molecule has 4 heteroatoms. The van der Waals surface area contributed by atoms with Crippen LogP contribution in [-0.4, -0.2) is 11.8 Å². The SMILES string of the molecule is CCCCCCCCCCCCCCCCc1ccc2cc(Br)cc3c2c1C(=O)NC3=O. The van der Waals surface area contributed by atoms with Gasteiger partial charge in [-0.3, -0.25) is 14.9 Å². The van der Waals surface area contributed by atoms with Crippen LogP contribution in [0.2, 0.25) is 0 Å². The molecule has 0 radical (unpaired) electrons. The van der Waals surface area contributed by atoms with E-state index < -0.39 is 0 Å². The molecule has 2 aromatic rings. The Hall–Kier alpha value is -1.68. The van der Waals surface area contributed by atoms with Gasteiger partial charge in [-0.1, -0.05) is 118 Å². The van der Waals surface area contributed by atoms with Crippen LogP contribution in [0, 0.1) is 0 Å². The zero-order valence-electron chi connectivity index (χ0n) is 19.6. The van der Waals surface area contributed by atoms with Crippen LogP contribution in [0.1, 0.15) is 123 Å². The number of nitrogens with one attached hydrogen (secondary N) is 1. The largest absolute Gasteiger partial charge is 0.288 e. The molecule has 0 atom stereocenters. The Morgan fingerprint density at radius 2 is 1.28 bits per heavy atom. The average Bonchev–Trinajstić information content (AvgIpc) is 2.77. The lowest BCUT2D eigenvalue weighted by Gasteiger charge is -2.20. The van der Waals surface area contributed by atoms with Crippen LogP contribution in [-0.2, 0) is 6.42 Å². The Morgan fingerprint density at radius 3 is 1.88 bits per heavy atom. The minimum Gasteiger partial charge on any atom is -0.288 e. The number of aryl methyl sites for hydroxylation is 1. The van der Waals surface area contributed by atoms with Crippen LogP contribution >= 0.6 is 15.9 Å². The molecule has 3 rings (SSSR count). The van der Waals surface area contributed by atoms with Crippen LogP contribution in [0.4, 0.5) is 0 Å². The van der Waals surface area contributed by atoms with Crippen molar-refractivity contribution in [1.82, 2.24) is 5.32 Å². The van der Waals surface area contributed by atoms with Crippen molar-refractivity contribution in [3.63, 3.8) is 0 Å². The third-order valence-corrected chi connectivity index (χ3v) is 7.13. The van der Waals surface area contributed by atoms with Crippen molar-refractivity contribution in [3.05, 3.63) is 45.4 Å². The summed E-state index contributed by atoms with van der Waals surface area (Å²) in [5.74, 6) is -0.557. The number of carbonyl (C=O) groups is 2. The van der Waals surface area contributed by atoms with Crippen LogP contribution in [0.25, 0.3) is 10.8 Å². The van der Waals surface area contributed by atoms with Crippen molar-refractivity contribution in [3.8, 4) is 0 Å². The van der Waals surface area contributed by atoms with Gasteiger partial charge in [0.25, 0.3) is 11.8 Å². The number of hydrogen-bond donors (Lipinski definition) is 1. The molecular weight excluding hydrogens is 462 g/mol. The summed E-state index contributed by atoms with van der Waals surface area (Å²) >= 11 is 3.47. The summed E-state index contributed by atoms with van der Waals surface area (Å²) in [4.78, 5) is 24.9. The highest BCUT2D eigenvalue weighted by molar-refractivity contribution is 9.10. The van der Waals surface area contributed by atoms with E-state index in [1.165, 1.54) is 83.5 Å². The van der Waals surface area contributed by atoms with Gasteiger partial charge in [0.05, 0.1) is 5.56 Å². The van der Waals surface area contributed by atoms with Gasteiger partial charge >= 0.3 is 0 Å². The summed E-state index contributed by atoms with van der Waals surface area (Å²) < 4.78 is 0.857. The van der Waals surface area contributed by atoms with Gasteiger partial charge in [-0.25, -0.2) is 0 Å². The zero-order valence-corrected chi connectivity index (χ0v) is 21.2. The molecule has 3 nitrogen and oxygen atoms in total. The van der Waals surface area contributed by atoms with Crippen molar-refractivity contribution in [1.29, 1.82) is 0 Å². The lowest BCUT2D eigenvalue weighted by Crippen LogP contribution is -2.35. The molecule has 0 spiro atoms. The molecule has 1 aliphatic rings. The predicted molar refractivity (Wildman–Crippen MR) is 137 cm³/mol. The molecule has 0 fully saturated rings. The van der Waals surface area contributed by atoms with Gasteiger partial charge < -0.3 is 0 Å². The smallest absolute Gasteiger partial charge is 0.259 e. The second-order valence-electron chi connectivity index (χ2n) is 9.28. The molecule has 0 saturated carbocycles. The summed E-state index contributed by atoms with van der Waals surface area (Å²) in [5.41, 5.74) is 2.34. The van der Waals surface area contributed by atoms with Crippen LogP contribution in [0.15, 0.2) is 28.7 Å². The number of imide groups is 1. The first-order valence-electron chi connectivity index (χ1n) is 12.7. The van der Waals surface area contributed by atoms with Crippen molar-refractivity contribution >= 4 is 38.5 Å². The van der Waals surface area contributed by atoms with Gasteiger partial charge in [-0.15, -0.1) is 0 Å². The number of rotatable bonds is 15. The fourth-order valence-corrected chi connectivity index (χ4v) is 5.34. The molecule has 0 aliphatic carbocycles. The summed E-state index contributed by atoms with van der Waals surface area (Å²) in [5, 5.41) is 4.27. The number of halogens is 1. The molecule has 1 aliphatic heterocycles. The minimum absolute atomic E-state index is 0.254. The molecule has 1 heterocycles. The van der Waals surface area contributed by atoms with Gasteiger partial charge in [0.15, 0.2) is 0 Å². The van der Waals surface area contributed by atoms with Crippen molar-refractivity contribution in [2.24, 2.45) is 0 Å². The van der Waals surface area contributed by atoms with Gasteiger partial charge in [0.1, 0.15) is 0 Å². The number of amides is 2. The highest BCUT2D eigenvalue weighted by atomic mass is 79.9. The number of hydrogen-bond acceptors (Lipinski definition) is 2. The van der Waals surface area contributed by atoms with Gasteiger partial charge in [-0.2, -0.15) is 0 Å². The van der Waals surface area contributed by atoms with E-state index in [4.69, 9.17) is 0 Å². The number of unbranched alkanes of at least 4 members (excludes halogenated alkanes) is 13. The third-order valence-electron chi connectivity index (χ3n) is 6.67. The molecular formula is C28H38BrNO2. The fraction of sp³-hybridized carbons (Fsp3) is 0.571. The monoisotopic (exact) mass is 499 g/mol. The Kier molecular flexibility index (Phi) is 10.2. The second-order valence-corrected chi connectivity index (χ2v) is 10.2. The van der Waals surface area contributed by atoms with Crippen LogP contribution < -0.4 is 5.32 Å². The van der Waals surface area contributed by atoms with E-state index in [0.29, 0.717) is 11.1 Å². The van der Waals surface area contributed by atoms with Gasteiger partial charge in [0.2, 0.25) is 0 Å². The quantitative estimate of drug-likeness (QED) is 0.197. The van der Waals surface area contributed by atoms with Crippen molar-refractivity contribution in [2.45, 2.75) is 103 Å². The summed E-state index contributed by atoms with van der Waals surface area (Å²) in [6, 6.07) is 7.89. The molecule has 0 bridgehead atoms. The van der Waals surface area contributed by atoms with E-state index >= 15 is 0 Å². The Bertz CT molecular complexity index is 921. The maximum atomic E-state index is 12.6. The van der Waals surface area contributed by atoms with Gasteiger partial charge in [0, 0.05) is 15.4 Å². The number of carbonyl (C=O) groups excluding carboxylic acids is 2. The highest BCUT2D eigenvalue weighted by Gasteiger charge is 2.27. The number of benzene rings is 2. The van der Waals surface area contributed by atoms with E-state index in [-0.39, 0.29) is 11.8 Å². The van der Waals surface area contributed by atoms with Crippen LogP contribution in [0.3, 0.4) is 0 Å². The molecule has 1 N–H and O–H groups in total. The topological polar surface area (TPSA) is 46.2 Å². The second kappa shape index (κ2) is 13.1. The first kappa shape index (κ1) is 25.0. The molecule has 174 valence electrons. The van der Waals surface area contributed by atoms with E-state index in [1.54, 1.807) is 0 Å². The average molecular weight is 501 g/mol. The summed E-state index contributed by atoms with van der Waals surface area (Å²) in [6.07, 6.45) is 19.7. The summed E-state index contributed by atoms with van der Waals surface area (Å²) in [7, 11) is 0. The lowest BCUT2D eigenvalue weighted by molar-refractivity contribution is 0.0844. The first-order valence-corrected chi connectivity index (χ1v) is 13.5. The maximum absolute atomic E-state index is 12.6.